The summed E-state index contributed by atoms with van der Waals surface area (Å²) in [5.74, 6) is -2.44. The van der Waals surface area contributed by atoms with Crippen LogP contribution in [0, 0.1) is 0 Å². The Morgan fingerprint density at radius 2 is 0.953 bits per heavy atom. The summed E-state index contributed by atoms with van der Waals surface area (Å²) in [6, 6.07) is 14.4. The van der Waals surface area contributed by atoms with Crippen molar-refractivity contribution in [1.82, 2.24) is 0 Å². The zero-order valence-electron chi connectivity index (χ0n) is 24.4. The Bertz CT molecular complexity index is 1710. The second kappa shape index (κ2) is 13.3. The van der Waals surface area contributed by atoms with Crippen LogP contribution in [-0.2, 0) is 19.2 Å². The molecule has 0 spiro atoms. The molecule has 0 atom stereocenters. The van der Waals surface area contributed by atoms with Crippen LogP contribution >= 0.6 is 0 Å². The minimum absolute atomic E-state index is 0.00311. The number of ether oxygens (including phenoxy) is 4. The molecule has 9 heteroatoms. The fraction of sp³-hybridized carbons (Fsp3) is 0.118. The largest absolute Gasteiger partial charge is 0.423 e. The van der Waals surface area contributed by atoms with Crippen molar-refractivity contribution in [1.29, 1.82) is 0 Å². The van der Waals surface area contributed by atoms with E-state index < -0.39 is 23.9 Å². The number of anilines is 1. The first kappa shape index (κ1) is 31.8. The highest BCUT2D eigenvalue weighted by Crippen LogP contribution is 2.40. The number of benzene rings is 3. The molecule has 0 saturated carbocycles. The highest BCUT2D eigenvalue weighted by molar-refractivity contribution is 5.94. The average Bonchev–Trinajstić information content (AvgIpc) is 2.94. The van der Waals surface area contributed by atoms with Crippen molar-refractivity contribution in [3.63, 3.8) is 0 Å². The van der Waals surface area contributed by atoms with Crippen LogP contribution in [0.4, 0.5) is 5.69 Å². The SMILES string of the molecule is C=C(C)C(=O)Oc1ccc(-c2ccc(-c3ccc(OC(=O)C(=C)C)c(OC(=O)C(=C)C)c3)cc2N)c(OC(=O)C(=C)C)c1. The molecule has 0 aliphatic carbocycles. The van der Waals surface area contributed by atoms with Crippen LogP contribution in [0.15, 0.2) is 103 Å². The molecular formula is C34H31NO8. The molecule has 3 aromatic carbocycles. The van der Waals surface area contributed by atoms with E-state index in [1.807, 2.05) is 0 Å². The standard InChI is InChI=1S/C34H31NO8/c1-18(2)31(36)40-24-11-13-26(29(17-24)42-33(38)20(5)6)25-12-9-22(15-27(25)35)23-10-14-28(41-32(37)19(3)4)30(16-23)43-34(39)21(7)8/h9-17H,1,3,5,7,35H2,2,4,6,8H3. The lowest BCUT2D eigenvalue weighted by Gasteiger charge is -2.16. The first-order valence-corrected chi connectivity index (χ1v) is 12.9. The smallest absolute Gasteiger partial charge is 0.338 e. The predicted molar refractivity (Wildman–Crippen MR) is 164 cm³/mol. The van der Waals surface area contributed by atoms with Crippen molar-refractivity contribution < 1.29 is 38.1 Å². The van der Waals surface area contributed by atoms with Crippen LogP contribution in [0.25, 0.3) is 22.3 Å². The molecule has 3 rings (SSSR count). The number of hydrogen-bond donors (Lipinski definition) is 1. The molecule has 43 heavy (non-hydrogen) atoms. The van der Waals surface area contributed by atoms with E-state index in [0.29, 0.717) is 27.9 Å². The summed E-state index contributed by atoms with van der Waals surface area (Å²) < 4.78 is 21.6. The van der Waals surface area contributed by atoms with E-state index in [0.717, 1.165) is 0 Å². The maximum atomic E-state index is 12.4. The first-order chi connectivity index (χ1) is 20.2. The van der Waals surface area contributed by atoms with Crippen LogP contribution in [0.2, 0.25) is 0 Å². The zero-order valence-corrected chi connectivity index (χ0v) is 24.4. The predicted octanol–water partition coefficient (Wildman–Crippen LogP) is 6.53. The van der Waals surface area contributed by atoms with Crippen LogP contribution in [0.1, 0.15) is 27.7 Å². The summed E-state index contributed by atoms with van der Waals surface area (Å²) in [6.45, 7) is 20.3. The highest BCUT2D eigenvalue weighted by Gasteiger charge is 2.19. The van der Waals surface area contributed by atoms with Crippen molar-refractivity contribution in [2.24, 2.45) is 0 Å². The lowest BCUT2D eigenvalue weighted by Crippen LogP contribution is -2.12. The average molecular weight is 582 g/mol. The van der Waals surface area contributed by atoms with E-state index >= 15 is 0 Å². The topological polar surface area (TPSA) is 131 Å². The fourth-order valence-electron chi connectivity index (χ4n) is 3.47. The van der Waals surface area contributed by atoms with E-state index in [9.17, 15) is 19.2 Å². The molecule has 0 amide bonds. The molecule has 0 aliphatic rings. The summed E-state index contributed by atoms with van der Waals surface area (Å²) >= 11 is 0. The zero-order chi connectivity index (χ0) is 32.0. The maximum absolute atomic E-state index is 12.4. The first-order valence-electron chi connectivity index (χ1n) is 12.9. The van der Waals surface area contributed by atoms with Gasteiger partial charge in [0.15, 0.2) is 11.5 Å². The molecule has 0 unspecified atom stereocenters. The van der Waals surface area contributed by atoms with Gasteiger partial charge in [-0.25, -0.2) is 19.2 Å². The van der Waals surface area contributed by atoms with Crippen molar-refractivity contribution >= 4 is 29.6 Å². The van der Waals surface area contributed by atoms with Crippen LogP contribution in [-0.4, -0.2) is 23.9 Å². The Morgan fingerprint density at radius 1 is 0.512 bits per heavy atom. The van der Waals surface area contributed by atoms with Crippen molar-refractivity contribution in [2.45, 2.75) is 27.7 Å². The van der Waals surface area contributed by atoms with Crippen LogP contribution in [0.5, 0.6) is 23.0 Å². The van der Waals surface area contributed by atoms with Crippen molar-refractivity contribution in [2.75, 3.05) is 5.73 Å². The quantitative estimate of drug-likeness (QED) is 0.123. The van der Waals surface area contributed by atoms with E-state index in [4.69, 9.17) is 24.7 Å². The van der Waals surface area contributed by atoms with Gasteiger partial charge in [0, 0.05) is 45.2 Å². The minimum atomic E-state index is -0.700. The van der Waals surface area contributed by atoms with E-state index in [1.54, 1.807) is 30.3 Å². The third kappa shape index (κ3) is 7.95. The van der Waals surface area contributed by atoms with Crippen molar-refractivity contribution in [3.05, 3.63) is 103 Å². The maximum Gasteiger partial charge on any atom is 0.338 e. The molecule has 0 saturated heterocycles. The Hall–Kier alpha value is -5.70. The van der Waals surface area contributed by atoms with E-state index in [2.05, 4.69) is 26.3 Å². The van der Waals surface area contributed by atoms with Gasteiger partial charge in [-0.1, -0.05) is 44.5 Å². The van der Waals surface area contributed by atoms with E-state index in [1.165, 1.54) is 52.0 Å². The third-order valence-electron chi connectivity index (χ3n) is 5.78. The number of esters is 4. The molecule has 0 aromatic heterocycles. The lowest BCUT2D eigenvalue weighted by atomic mass is 9.97. The number of rotatable bonds is 10. The van der Waals surface area contributed by atoms with Gasteiger partial charge >= 0.3 is 23.9 Å². The number of carbonyl (C=O) groups is 4. The van der Waals surface area contributed by atoms with Gasteiger partial charge in [-0.2, -0.15) is 0 Å². The molecular weight excluding hydrogens is 550 g/mol. The second-order valence-electron chi connectivity index (χ2n) is 9.80. The van der Waals surface area contributed by atoms with Gasteiger partial charge in [-0.3, -0.25) is 0 Å². The monoisotopic (exact) mass is 581 g/mol. The number of nitrogens with two attached hydrogens (primary N) is 1. The molecule has 0 bridgehead atoms. The lowest BCUT2D eigenvalue weighted by molar-refractivity contribution is -0.132. The Kier molecular flexibility index (Phi) is 9.85. The van der Waals surface area contributed by atoms with Gasteiger partial charge in [0.1, 0.15) is 11.5 Å². The van der Waals surface area contributed by atoms with Gasteiger partial charge in [0.05, 0.1) is 0 Å². The summed E-state index contributed by atoms with van der Waals surface area (Å²) in [5, 5.41) is 0. The minimum Gasteiger partial charge on any atom is -0.423 e. The van der Waals surface area contributed by atoms with Gasteiger partial charge in [0.25, 0.3) is 0 Å². The molecule has 0 heterocycles. The van der Waals surface area contributed by atoms with Gasteiger partial charge in [0.2, 0.25) is 0 Å². The van der Waals surface area contributed by atoms with Gasteiger partial charge in [-0.05, 0) is 69.2 Å². The Morgan fingerprint density at radius 3 is 1.49 bits per heavy atom. The molecule has 3 aromatic rings. The molecule has 0 fully saturated rings. The molecule has 9 nitrogen and oxygen atoms in total. The van der Waals surface area contributed by atoms with Crippen LogP contribution < -0.4 is 24.7 Å². The second-order valence-corrected chi connectivity index (χ2v) is 9.80. The summed E-state index contributed by atoms with van der Waals surface area (Å²) in [7, 11) is 0. The third-order valence-corrected chi connectivity index (χ3v) is 5.78. The van der Waals surface area contributed by atoms with Gasteiger partial charge < -0.3 is 24.7 Å². The number of hydrogen-bond acceptors (Lipinski definition) is 9. The van der Waals surface area contributed by atoms with Crippen molar-refractivity contribution in [3.8, 4) is 45.3 Å². The Balaban J connectivity index is 2.06. The summed E-state index contributed by atoms with van der Waals surface area (Å²) in [5.41, 5.74) is 9.66. The normalized spacial score (nSPS) is 10.2. The number of nitrogen functional groups attached to an aromatic ring is 1. The number of carbonyl (C=O) groups excluding carboxylic acids is 4. The summed E-state index contributed by atoms with van der Waals surface area (Å²) in [6.07, 6.45) is 0. The molecule has 0 aliphatic heterocycles. The van der Waals surface area contributed by atoms with Gasteiger partial charge in [-0.15, -0.1) is 0 Å². The molecule has 220 valence electrons. The van der Waals surface area contributed by atoms with Crippen LogP contribution in [0.3, 0.4) is 0 Å². The highest BCUT2D eigenvalue weighted by atomic mass is 16.6. The molecule has 0 radical (unpaired) electrons. The van der Waals surface area contributed by atoms with E-state index in [-0.39, 0.29) is 45.3 Å². The Labute approximate surface area is 249 Å². The summed E-state index contributed by atoms with van der Waals surface area (Å²) in [4.78, 5) is 48.8. The molecule has 2 N–H and O–H groups in total. The fourth-order valence-corrected chi connectivity index (χ4v) is 3.47.